The average Bonchev–Trinajstić information content (AvgIpc) is 2.09. The van der Waals surface area contributed by atoms with Crippen LogP contribution in [0.15, 0.2) is 12.1 Å². The van der Waals surface area contributed by atoms with Gasteiger partial charge in [-0.15, -0.1) is 0 Å². The maximum absolute atomic E-state index is 5.37. The Balaban J connectivity index is 3.19. The van der Waals surface area contributed by atoms with Gasteiger partial charge >= 0.3 is 0 Å². The highest BCUT2D eigenvalue weighted by Crippen LogP contribution is 2.26. The number of hydrogen-bond acceptors (Lipinski definition) is 2. The molecule has 0 fully saturated rings. The number of hydrogen-bond donors (Lipinski definition) is 2. The van der Waals surface area contributed by atoms with E-state index < -0.39 is 0 Å². The van der Waals surface area contributed by atoms with Crippen molar-refractivity contribution >= 4 is 0 Å². The normalized spacial score (nSPS) is 11.9. The maximum atomic E-state index is 5.37. The molecule has 0 aliphatic rings. The molecule has 0 aliphatic carbocycles. The summed E-state index contributed by atoms with van der Waals surface area (Å²) in [5.41, 5.74) is 8.27. The van der Waals surface area contributed by atoms with Crippen molar-refractivity contribution in [2.24, 2.45) is 5.84 Å². The van der Waals surface area contributed by atoms with Crippen molar-refractivity contribution in [3.05, 3.63) is 34.4 Å². The summed E-state index contributed by atoms with van der Waals surface area (Å²) in [6.07, 6.45) is 0. The Kier molecular flexibility index (Phi) is 3.53. The Morgan fingerprint density at radius 2 is 1.60 bits per heavy atom. The summed E-state index contributed by atoms with van der Waals surface area (Å²) < 4.78 is 0. The van der Waals surface area contributed by atoms with Gasteiger partial charge in [0.15, 0.2) is 0 Å². The van der Waals surface area contributed by atoms with Crippen molar-refractivity contribution in [3.8, 4) is 0 Å². The molecule has 2 nitrogen and oxygen atoms in total. The molecule has 1 aromatic carbocycles. The molecule has 0 aliphatic heterocycles. The van der Waals surface area contributed by atoms with Crippen LogP contribution < -0.4 is 11.3 Å². The fourth-order valence-electron chi connectivity index (χ4n) is 1.81. The quantitative estimate of drug-likeness (QED) is 0.576. The molecular weight excluding hydrogens is 184 g/mol. The lowest BCUT2D eigenvalue weighted by Gasteiger charge is -2.22. The molecule has 0 radical (unpaired) electrons. The highest BCUT2D eigenvalue weighted by molar-refractivity contribution is 5.40. The van der Waals surface area contributed by atoms with Gasteiger partial charge in [-0.2, -0.15) is 0 Å². The van der Waals surface area contributed by atoms with Gasteiger partial charge in [-0.25, -0.2) is 0 Å². The molecule has 2 heteroatoms. The summed E-state index contributed by atoms with van der Waals surface area (Å²) in [5.74, 6) is 5.37. The second-order valence-corrected chi connectivity index (χ2v) is 5.22. The lowest BCUT2D eigenvalue weighted by molar-refractivity contribution is 0.588. The number of nitrogens with one attached hydrogen (secondary N) is 1. The third-order valence-electron chi connectivity index (χ3n) is 2.84. The second-order valence-electron chi connectivity index (χ2n) is 5.22. The van der Waals surface area contributed by atoms with E-state index in [0.717, 1.165) is 6.54 Å². The summed E-state index contributed by atoms with van der Waals surface area (Å²) in [6, 6.07) is 4.53. The van der Waals surface area contributed by atoms with Gasteiger partial charge in [0, 0.05) is 6.54 Å². The zero-order valence-corrected chi connectivity index (χ0v) is 10.4. The van der Waals surface area contributed by atoms with Crippen LogP contribution in [-0.2, 0) is 12.0 Å². The molecular formula is C13H22N2. The van der Waals surface area contributed by atoms with Gasteiger partial charge in [0.05, 0.1) is 0 Å². The molecule has 0 atom stereocenters. The lowest BCUT2D eigenvalue weighted by atomic mass is 9.84. The van der Waals surface area contributed by atoms with Crippen LogP contribution in [0.4, 0.5) is 0 Å². The number of nitrogens with two attached hydrogens (primary N) is 1. The van der Waals surface area contributed by atoms with Crippen LogP contribution in [0.25, 0.3) is 0 Å². The van der Waals surface area contributed by atoms with E-state index in [0.29, 0.717) is 0 Å². The topological polar surface area (TPSA) is 38.0 Å². The van der Waals surface area contributed by atoms with E-state index in [1.165, 1.54) is 22.3 Å². The minimum absolute atomic E-state index is 0.212. The zero-order valence-electron chi connectivity index (χ0n) is 10.4. The van der Waals surface area contributed by atoms with Crippen molar-refractivity contribution in [3.63, 3.8) is 0 Å². The molecule has 0 bridgehead atoms. The van der Waals surface area contributed by atoms with Crippen molar-refractivity contribution < 1.29 is 0 Å². The van der Waals surface area contributed by atoms with Gasteiger partial charge in [0.2, 0.25) is 0 Å². The van der Waals surface area contributed by atoms with Gasteiger partial charge in [-0.1, -0.05) is 32.9 Å². The van der Waals surface area contributed by atoms with Crippen molar-refractivity contribution in [2.75, 3.05) is 0 Å². The molecule has 3 N–H and O–H groups in total. The van der Waals surface area contributed by atoms with Gasteiger partial charge < -0.3 is 0 Å². The summed E-state index contributed by atoms with van der Waals surface area (Å²) in [6.45, 7) is 11.7. The molecule has 1 rings (SSSR count). The minimum Gasteiger partial charge on any atom is -0.271 e. The van der Waals surface area contributed by atoms with Gasteiger partial charge in [0.1, 0.15) is 0 Å². The first-order chi connectivity index (χ1) is 6.86. The maximum Gasteiger partial charge on any atom is 0.0353 e. The van der Waals surface area contributed by atoms with E-state index >= 15 is 0 Å². The monoisotopic (exact) mass is 206 g/mol. The summed E-state index contributed by atoms with van der Waals surface area (Å²) in [4.78, 5) is 0. The Labute approximate surface area is 92.8 Å². The molecule has 0 heterocycles. The first kappa shape index (κ1) is 12.2. The third kappa shape index (κ3) is 2.80. The van der Waals surface area contributed by atoms with E-state index in [1.54, 1.807) is 0 Å². The summed E-state index contributed by atoms with van der Waals surface area (Å²) in [7, 11) is 0. The highest BCUT2D eigenvalue weighted by Gasteiger charge is 2.15. The van der Waals surface area contributed by atoms with E-state index in [1.807, 2.05) is 0 Å². The Morgan fingerprint density at radius 1 is 1.13 bits per heavy atom. The molecule has 0 saturated carbocycles. The molecule has 0 amide bonds. The van der Waals surface area contributed by atoms with Crippen LogP contribution in [0, 0.1) is 13.8 Å². The molecule has 0 unspecified atom stereocenters. The fourth-order valence-corrected chi connectivity index (χ4v) is 1.81. The Hall–Kier alpha value is -0.860. The lowest BCUT2D eigenvalue weighted by Crippen LogP contribution is -2.22. The average molecular weight is 206 g/mol. The molecule has 15 heavy (non-hydrogen) atoms. The minimum atomic E-state index is 0.212. The molecule has 0 aromatic heterocycles. The smallest absolute Gasteiger partial charge is 0.0353 e. The molecule has 84 valence electrons. The first-order valence-electron chi connectivity index (χ1n) is 5.40. The van der Waals surface area contributed by atoms with Crippen LogP contribution in [-0.4, -0.2) is 0 Å². The van der Waals surface area contributed by atoms with Gasteiger partial charge in [-0.3, -0.25) is 11.3 Å². The van der Waals surface area contributed by atoms with E-state index in [4.69, 9.17) is 5.84 Å². The van der Waals surface area contributed by atoms with E-state index in [2.05, 4.69) is 52.2 Å². The third-order valence-corrected chi connectivity index (χ3v) is 2.84. The van der Waals surface area contributed by atoms with Crippen LogP contribution in [0.5, 0.6) is 0 Å². The zero-order chi connectivity index (χ0) is 11.6. The number of aryl methyl sites for hydroxylation is 2. The van der Waals surface area contributed by atoms with E-state index in [-0.39, 0.29) is 5.41 Å². The van der Waals surface area contributed by atoms with Gasteiger partial charge in [-0.05, 0) is 41.5 Å². The van der Waals surface area contributed by atoms with E-state index in [9.17, 15) is 0 Å². The van der Waals surface area contributed by atoms with Crippen molar-refractivity contribution in [1.29, 1.82) is 0 Å². The first-order valence-corrected chi connectivity index (χ1v) is 5.40. The van der Waals surface area contributed by atoms with Crippen molar-refractivity contribution in [1.82, 2.24) is 5.43 Å². The number of hydrazine groups is 1. The molecule has 1 aromatic rings. The summed E-state index contributed by atoms with van der Waals surface area (Å²) >= 11 is 0. The Bertz CT molecular complexity index is 325. The second kappa shape index (κ2) is 4.33. The SMILES string of the molecule is Cc1cc(C(C)(C)C)cc(C)c1CNN. The van der Waals surface area contributed by atoms with Crippen LogP contribution >= 0.6 is 0 Å². The molecule has 0 spiro atoms. The standard InChI is InChI=1S/C13H22N2/c1-9-6-11(13(3,4)5)7-10(2)12(9)8-15-14/h6-7,15H,8,14H2,1-5H3. The largest absolute Gasteiger partial charge is 0.271 e. The highest BCUT2D eigenvalue weighted by atomic mass is 15.2. The summed E-state index contributed by atoms with van der Waals surface area (Å²) in [5, 5.41) is 0. The van der Waals surface area contributed by atoms with Crippen LogP contribution in [0.1, 0.15) is 43.0 Å². The van der Waals surface area contributed by atoms with Gasteiger partial charge in [0.25, 0.3) is 0 Å². The number of benzene rings is 1. The molecule has 0 saturated heterocycles. The van der Waals surface area contributed by atoms with Crippen LogP contribution in [0.3, 0.4) is 0 Å². The van der Waals surface area contributed by atoms with Crippen molar-refractivity contribution in [2.45, 2.75) is 46.6 Å². The Morgan fingerprint density at radius 3 is 1.93 bits per heavy atom. The van der Waals surface area contributed by atoms with Crippen LogP contribution in [0.2, 0.25) is 0 Å². The predicted molar refractivity (Wildman–Crippen MR) is 65.6 cm³/mol. The predicted octanol–water partition coefficient (Wildman–Crippen LogP) is 2.56. The number of rotatable bonds is 2. The fraction of sp³-hybridized carbons (Fsp3) is 0.538.